The summed E-state index contributed by atoms with van der Waals surface area (Å²) in [6.07, 6.45) is 1.53. The van der Waals surface area contributed by atoms with Crippen molar-refractivity contribution in [3.05, 3.63) is 35.1 Å². The maximum atomic E-state index is 13.9. The number of nitrogens with zero attached hydrogens (tertiary/aromatic N) is 1. The molecule has 2 aliphatic rings. The zero-order chi connectivity index (χ0) is 14.3. The van der Waals surface area contributed by atoms with Gasteiger partial charge in [0.2, 0.25) is 0 Å². The molecule has 2 bridgehead atoms. The molecule has 2 heterocycles. The van der Waals surface area contributed by atoms with Crippen molar-refractivity contribution >= 4 is 5.78 Å². The lowest BCUT2D eigenvalue weighted by molar-refractivity contribution is -0.0702. The Bertz CT molecular complexity index is 517. The standard InChI is InChI=1S/C16H20FNO2/c1-10-3-4-15(17)14(5-10)16(19)11-6-12-8-20-9-13(7-11)18(12)2/h3-5,11-13H,6-9H2,1-2H3. The van der Waals surface area contributed by atoms with Gasteiger partial charge in [0.15, 0.2) is 5.78 Å². The summed E-state index contributed by atoms with van der Waals surface area (Å²) in [5.41, 5.74) is 1.17. The normalized spacial score (nSPS) is 30.2. The van der Waals surface area contributed by atoms with Gasteiger partial charge in [-0.1, -0.05) is 11.6 Å². The maximum Gasteiger partial charge on any atom is 0.169 e. The third-order valence-electron chi connectivity index (χ3n) is 4.64. The third kappa shape index (κ3) is 2.38. The van der Waals surface area contributed by atoms with Gasteiger partial charge in [0.05, 0.1) is 18.8 Å². The second-order valence-corrected chi connectivity index (χ2v) is 6.03. The second kappa shape index (κ2) is 5.26. The predicted molar refractivity (Wildman–Crippen MR) is 74.3 cm³/mol. The van der Waals surface area contributed by atoms with Crippen molar-refractivity contribution in [1.82, 2.24) is 4.90 Å². The fraction of sp³-hybridized carbons (Fsp3) is 0.562. The van der Waals surface area contributed by atoms with Crippen LogP contribution < -0.4 is 0 Å². The molecule has 4 heteroatoms. The lowest BCUT2D eigenvalue weighted by Gasteiger charge is -2.46. The SMILES string of the molecule is Cc1ccc(F)c(C(=O)C2CC3COCC(C2)N3C)c1. The van der Waals surface area contributed by atoms with E-state index in [1.807, 2.05) is 6.92 Å². The molecule has 0 radical (unpaired) electrons. The van der Waals surface area contributed by atoms with Gasteiger partial charge >= 0.3 is 0 Å². The van der Waals surface area contributed by atoms with Crippen LogP contribution in [0.15, 0.2) is 18.2 Å². The van der Waals surface area contributed by atoms with E-state index < -0.39 is 5.82 Å². The minimum atomic E-state index is -0.402. The monoisotopic (exact) mass is 277 g/mol. The molecule has 1 aromatic carbocycles. The van der Waals surface area contributed by atoms with Crippen LogP contribution in [0.1, 0.15) is 28.8 Å². The Hall–Kier alpha value is -1.26. The minimum Gasteiger partial charge on any atom is -0.378 e. The Morgan fingerprint density at radius 3 is 2.60 bits per heavy atom. The van der Waals surface area contributed by atoms with E-state index in [-0.39, 0.29) is 29.3 Å². The number of carbonyl (C=O) groups excluding carboxylic acids is 1. The number of benzene rings is 1. The number of carbonyl (C=O) groups is 1. The summed E-state index contributed by atoms with van der Waals surface area (Å²) in [5, 5.41) is 0. The molecule has 3 rings (SSSR count). The molecule has 2 saturated heterocycles. The van der Waals surface area contributed by atoms with Crippen LogP contribution >= 0.6 is 0 Å². The van der Waals surface area contributed by atoms with Gasteiger partial charge in [0.1, 0.15) is 5.82 Å². The van der Waals surface area contributed by atoms with E-state index in [0.717, 1.165) is 18.4 Å². The quantitative estimate of drug-likeness (QED) is 0.778. The van der Waals surface area contributed by atoms with E-state index in [4.69, 9.17) is 4.74 Å². The summed E-state index contributed by atoms with van der Waals surface area (Å²) in [5.74, 6) is -0.529. The van der Waals surface area contributed by atoms with Gasteiger partial charge in [0.25, 0.3) is 0 Å². The van der Waals surface area contributed by atoms with Crippen LogP contribution in [0.2, 0.25) is 0 Å². The highest BCUT2D eigenvalue weighted by atomic mass is 19.1. The van der Waals surface area contributed by atoms with E-state index in [0.29, 0.717) is 13.2 Å². The van der Waals surface area contributed by atoms with Crippen LogP contribution in [-0.4, -0.2) is 43.0 Å². The van der Waals surface area contributed by atoms with E-state index in [9.17, 15) is 9.18 Å². The molecule has 2 fully saturated rings. The number of piperidine rings is 1. The molecule has 0 saturated carbocycles. The molecule has 2 unspecified atom stereocenters. The van der Waals surface area contributed by atoms with Crippen molar-refractivity contribution in [2.24, 2.45) is 5.92 Å². The number of aryl methyl sites for hydroxylation is 1. The van der Waals surface area contributed by atoms with Gasteiger partial charge in [-0.15, -0.1) is 0 Å². The highest BCUT2D eigenvalue weighted by Gasteiger charge is 2.39. The Morgan fingerprint density at radius 2 is 1.95 bits per heavy atom. The average molecular weight is 277 g/mol. The van der Waals surface area contributed by atoms with Crippen LogP contribution in [0.5, 0.6) is 0 Å². The van der Waals surface area contributed by atoms with Crippen LogP contribution in [0.25, 0.3) is 0 Å². The van der Waals surface area contributed by atoms with Gasteiger partial charge in [-0.05, 0) is 38.9 Å². The number of fused-ring (bicyclic) bond motifs is 2. The first-order chi connectivity index (χ1) is 9.56. The lowest BCUT2D eigenvalue weighted by Crippen LogP contribution is -2.55. The number of hydrogen-bond acceptors (Lipinski definition) is 3. The largest absolute Gasteiger partial charge is 0.378 e. The number of Topliss-reactive ketones (excluding diaryl/α,β-unsaturated/α-hetero) is 1. The van der Waals surface area contributed by atoms with E-state index in [1.165, 1.54) is 6.07 Å². The number of halogens is 1. The highest BCUT2D eigenvalue weighted by molar-refractivity contribution is 5.98. The van der Waals surface area contributed by atoms with Crippen LogP contribution in [-0.2, 0) is 4.74 Å². The number of likely N-dealkylation sites (N-methyl/N-ethyl adjacent to an activating group) is 1. The van der Waals surface area contributed by atoms with Crippen molar-refractivity contribution in [3.63, 3.8) is 0 Å². The van der Waals surface area contributed by atoms with Crippen molar-refractivity contribution < 1.29 is 13.9 Å². The zero-order valence-electron chi connectivity index (χ0n) is 11.9. The summed E-state index contributed by atoms with van der Waals surface area (Å²) in [6, 6.07) is 5.32. The number of rotatable bonds is 2. The van der Waals surface area contributed by atoms with Gasteiger partial charge in [0, 0.05) is 18.0 Å². The smallest absolute Gasteiger partial charge is 0.169 e. The van der Waals surface area contributed by atoms with Gasteiger partial charge in [-0.2, -0.15) is 0 Å². The minimum absolute atomic E-state index is 0.0452. The van der Waals surface area contributed by atoms with Crippen LogP contribution in [0.4, 0.5) is 4.39 Å². The fourth-order valence-corrected chi connectivity index (χ4v) is 3.36. The first kappa shape index (κ1) is 13.7. The summed E-state index contributed by atoms with van der Waals surface area (Å²) in [4.78, 5) is 14.9. The average Bonchev–Trinajstić information content (AvgIpc) is 2.40. The molecule has 0 amide bonds. The molecule has 0 spiro atoms. The highest BCUT2D eigenvalue weighted by Crippen LogP contribution is 2.32. The lowest BCUT2D eigenvalue weighted by atomic mass is 9.80. The fourth-order valence-electron chi connectivity index (χ4n) is 3.36. The Morgan fingerprint density at radius 1 is 1.30 bits per heavy atom. The molecular formula is C16H20FNO2. The summed E-state index contributed by atoms with van der Waals surface area (Å²) < 4.78 is 19.4. The maximum absolute atomic E-state index is 13.9. The number of ketones is 1. The molecule has 108 valence electrons. The first-order valence-electron chi connectivity index (χ1n) is 7.16. The van der Waals surface area contributed by atoms with Crippen molar-refractivity contribution in [2.75, 3.05) is 20.3 Å². The molecular weight excluding hydrogens is 257 g/mol. The topological polar surface area (TPSA) is 29.5 Å². The van der Waals surface area contributed by atoms with Gasteiger partial charge < -0.3 is 4.74 Å². The molecule has 3 nitrogen and oxygen atoms in total. The molecule has 0 N–H and O–H groups in total. The molecule has 1 aromatic rings. The molecule has 0 aromatic heterocycles. The first-order valence-corrected chi connectivity index (χ1v) is 7.16. The summed E-state index contributed by atoms with van der Waals surface area (Å²) in [6.45, 7) is 3.23. The van der Waals surface area contributed by atoms with Crippen LogP contribution in [0.3, 0.4) is 0 Å². The third-order valence-corrected chi connectivity index (χ3v) is 4.64. The van der Waals surface area contributed by atoms with Crippen LogP contribution in [0, 0.1) is 18.7 Å². The van der Waals surface area contributed by atoms with Crippen molar-refractivity contribution in [2.45, 2.75) is 31.8 Å². The molecule has 2 atom stereocenters. The summed E-state index contributed by atoms with van der Waals surface area (Å²) >= 11 is 0. The van der Waals surface area contributed by atoms with Gasteiger partial charge in [-0.25, -0.2) is 4.39 Å². The Kier molecular flexibility index (Phi) is 3.61. The Balaban J connectivity index is 1.83. The number of hydrogen-bond donors (Lipinski definition) is 0. The van der Waals surface area contributed by atoms with Crippen molar-refractivity contribution in [3.8, 4) is 0 Å². The summed E-state index contributed by atoms with van der Waals surface area (Å²) in [7, 11) is 2.09. The van der Waals surface area contributed by atoms with E-state index in [1.54, 1.807) is 12.1 Å². The molecule has 2 aliphatic heterocycles. The van der Waals surface area contributed by atoms with Crippen molar-refractivity contribution in [1.29, 1.82) is 0 Å². The second-order valence-electron chi connectivity index (χ2n) is 6.03. The van der Waals surface area contributed by atoms with E-state index >= 15 is 0 Å². The number of morpholine rings is 1. The number of ether oxygens (including phenoxy) is 1. The predicted octanol–water partition coefficient (Wildman–Crippen LogP) is 2.43. The van der Waals surface area contributed by atoms with Gasteiger partial charge in [-0.3, -0.25) is 9.69 Å². The zero-order valence-corrected chi connectivity index (χ0v) is 11.9. The van der Waals surface area contributed by atoms with E-state index in [2.05, 4.69) is 11.9 Å². The molecule has 20 heavy (non-hydrogen) atoms. The molecule has 0 aliphatic carbocycles. The Labute approximate surface area is 118 Å².